The first-order valence-corrected chi connectivity index (χ1v) is 7.13. The van der Waals surface area contributed by atoms with E-state index < -0.39 is 0 Å². The third-order valence-electron chi connectivity index (χ3n) is 3.67. The van der Waals surface area contributed by atoms with Gasteiger partial charge in [0.25, 0.3) is 0 Å². The predicted octanol–water partition coefficient (Wildman–Crippen LogP) is 3.55. The van der Waals surface area contributed by atoms with Crippen LogP contribution in [0.15, 0.2) is 41.6 Å². The smallest absolute Gasteiger partial charge is 0.116 e. The molecule has 0 spiro atoms. The summed E-state index contributed by atoms with van der Waals surface area (Å²) in [5, 5.41) is 11.9. The Morgan fingerprint density at radius 1 is 1.32 bits per heavy atom. The minimum absolute atomic E-state index is 0.322. The zero-order valence-electron chi connectivity index (χ0n) is 10.4. The number of fused-ring (bicyclic) bond motifs is 5. The lowest BCUT2D eigenvalue weighted by atomic mass is 10.1. The zero-order chi connectivity index (χ0) is 13.0. The molecule has 19 heavy (non-hydrogen) atoms. The van der Waals surface area contributed by atoms with Gasteiger partial charge in [-0.3, -0.25) is 0 Å². The fourth-order valence-corrected chi connectivity index (χ4v) is 3.85. The van der Waals surface area contributed by atoms with Gasteiger partial charge in [0, 0.05) is 35.5 Å². The first-order valence-electron chi connectivity index (χ1n) is 6.14. The molecule has 0 saturated carbocycles. The number of phenols is 1. The van der Waals surface area contributed by atoms with E-state index in [4.69, 9.17) is 0 Å². The lowest BCUT2D eigenvalue weighted by Gasteiger charge is -2.16. The summed E-state index contributed by atoms with van der Waals surface area (Å²) in [7, 11) is 2.07. The average molecular weight is 268 g/mol. The van der Waals surface area contributed by atoms with Crippen molar-refractivity contribution in [1.82, 2.24) is 9.55 Å². The molecular formula is C15H12N2OS. The Morgan fingerprint density at radius 2 is 2.21 bits per heavy atom. The zero-order valence-corrected chi connectivity index (χ0v) is 11.2. The number of rotatable bonds is 0. The van der Waals surface area contributed by atoms with Gasteiger partial charge in [0.15, 0.2) is 0 Å². The van der Waals surface area contributed by atoms with Crippen molar-refractivity contribution in [1.29, 1.82) is 0 Å². The van der Waals surface area contributed by atoms with Crippen LogP contribution < -0.4 is 0 Å². The van der Waals surface area contributed by atoms with Crippen LogP contribution in [0.25, 0.3) is 22.2 Å². The molecule has 1 aromatic carbocycles. The summed E-state index contributed by atoms with van der Waals surface area (Å²) in [6.07, 6.45) is 1.84. The Balaban J connectivity index is 2.14. The second-order valence-corrected chi connectivity index (χ2v) is 5.70. The highest BCUT2D eigenvalue weighted by Crippen LogP contribution is 2.44. The van der Waals surface area contributed by atoms with E-state index in [2.05, 4.69) is 22.7 Å². The summed E-state index contributed by atoms with van der Waals surface area (Å²) in [6.45, 7) is 0. The number of phenolic OH excluding ortho intramolecular Hbond substituents is 1. The molecule has 1 N–H and O–H groups in total. The van der Waals surface area contributed by atoms with Gasteiger partial charge in [0.2, 0.25) is 0 Å². The maximum absolute atomic E-state index is 9.71. The van der Waals surface area contributed by atoms with E-state index >= 15 is 0 Å². The topological polar surface area (TPSA) is 38.0 Å². The second-order valence-electron chi connectivity index (χ2n) is 4.73. The number of thioether (sulfide) groups is 1. The van der Waals surface area contributed by atoms with Crippen molar-refractivity contribution < 1.29 is 5.11 Å². The van der Waals surface area contributed by atoms with E-state index in [1.165, 1.54) is 16.8 Å². The number of aryl methyl sites for hydroxylation is 1. The van der Waals surface area contributed by atoms with E-state index in [-0.39, 0.29) is 0 Å². The standard InChI is InChI=1S/C15H12N2OS/c1-17-13-5-4-9(18)7-11(13)12-8-19-15-10(14(12)17)3-2-6-16-15/h2-7,18H,8H2,1H3. The number of aromatic nitrogens is 2. The van der Waals surface area contributed by atoms with Crippen LogP contribution in [0.4, 0.5) is 0 Å². The minimum atomic E-state index is 0.322. The number of hydrogen-bond donors (Lipinski definition) is 1. The molecular weight excluding hydrogens is 256 g/mol. The predicted molar refractivity (Wildman–Crippen MR) is 77.4 cm³/mol. The van der Waals surface area contributed by atoms with Gasteiger partial charge in [-0.05, 0) is 35.9 Å². The van der Waals surface area contributed by atoms with Gasteiger partial charge in [-0.25, -0.2) is 4.98 Å². The molecule has 0 radical (unpaired) electrons. The van der Waals surface area contributed by atoms with E-state index in [1.807, 2.05) is 24.4 Å². The molecule has 4 heteroatoms. The Labute approximate surface area is 114 Å². The van der Waals surface area contributed by atoms with Crippen molar-refractivity contribution in [3.05, 3.63) is 42.1 Å². The van der Waals surface area contributed by atoms with Crippen molar-refractivity contribution in [2.24, 2.45) is 7.05 Å². The molecule has 4 rings (SSSR count). The van der Waals surface area contributed by atoms with E-state index in [1.54, 1.807) is 17.8 Å². The van der Waals surface area contributed by atoms with Crippen molar-refractivity contribution in [2.75, 3.05) is 0 Å². The lowest BCUT2D eigenvalue weighted by Crippen LogP contribution is -2.00. The molecule has 0 saturated heterocycles. The molecule has 94 valence electrons. The van der Waals surface area contributed by atoms with E-state index in [9.17, 15) is 5.11 Å². The maximum atomic E-state index is 9.71. The number of hydrogen-bond acceptors (Lipinski definition) is 3. The molecule has 0 atom stereocenters. The summed E-state index contributed by atoms with van der Waals surface area (Å²) in [4.78, 5) is 4.45. The van der Waals surface area contributed by atoms with Gasteiger partial charge in [-0.2, -0.15) is 0 Å². The lowest BCUT2D eigenvalue weighted by molar-refractivity contribution is 0.476. The maximum Gasteiger partial charge on any atom is 0.116 e. The molecule has 0 unspecified atom stereocenters. The normalized spacial score (nSPS) is 13.3. The first kappa shape index (κ1) is 10.9. The van der Waals surface area contributed by atoms with Gasteiger partial charge < -0.3 is 9.67 Å². The van der Waals surface area contributed by atoms with Gasteiger partial charge in [0.05, 0.1) is 5.69 Å². The molecule has 3 aromatic rings. The van der Waals surface area contributed by atoms with Gasteiger partial charge in [0.1, 0.15) is 10.8 Å². The molecule has 3 heterocycles. The van der Waals surface area contributed by atoms with Gasteiger partial charge >= 0.3 is 0 Å². The third kappa shape index (κ3) is 1.43. The minimum Gasteiger partial charge on any atom is -0.508 e. The Kier molecular flexibility index (Phi) is 2.17. The largest absolute Gasteiger partial charge is 0.508 e. The fraction of sp³-hybridized carbons (Fsp3) is 0.133. The van der Waals surface area contributed by atoms with Crippen molar-refractivity contribution in [2.45, 2.75) is 10.8 Å². The summed E-state index contributed by atoms with van der Waals surface area (Å²) < 4.78 is 2.20. The highest BCUT2D eigenvalue weighted by molar-refractivity contribution is 7.98. The number of aromatic hydroxyl groups is 1. The van der Waals surface area contributed by atoms with Crippen molar-refractivity contribution in [3.8, 4) is 17.0 Å². The second kappa shape index (κ2) is 3.78. The van der Waals surface area contributed by atoms with Crippen LogP contribution in [-0.4, -0.2) is 14.7 Å². The molecule has 0 amide bonds. The first-order chi connectivity index (χ1) is 9.25. The SMILES string of the molecule is Cn1c2c(c3cc(O)ccc31)CSc1ncccc1-2. The summed E-state index contributed by atoms with van der Waals surface area (Å²) in [5.74, 6) is 1.23. The average Bonchev–Trinajstić information content (AvgIpc) is 2.72. The number of pyridine rings is 1. The van der Waals surface area contributed by atoms with E-state index in [0.717, 1.165) is 21.7 Å². The summed E-state index contributed by atoms with van der Waals surface area (Å²) >= 11 is 1.76. The van der Waals surface area contributed by atoms with Crippen LogP contribution in [0.2, 0.25) is 0 Å². The van der Waals surface area contributed by atoms with E-state index in [0.29, 0.717) is 5.75 Å². The highest BCUT2D eigenvalue weighted by Gasteiger charge is 2.24. The van der Waals surface area contributed by atoms with Crippen LogP contribution in [0.1, 0.15) is 5.56 Å². The van der Waals surface area contributed by atoms with Crippen LogP contribution >= 0.6 is 11.8 Å². The number of benzene rings is 1. The van der Waals surface area contributed by atoms with Crippen molar-refractivity contribution in [3.63, 3.8) is 0 Å². The molecule has 0 bridgehead atoms. The molecule has 2 aromatic heterocycles. The van der Waals surface area contributed by atoms with Crippen LogP contribution in [0.3, 0.4) is 0 Å². The monoisotopic (exact) mass is 268 g/mol. The quantitative estimate of drug-likeness (QED) is 0.677. The fourth-order valence-electron chi connectivity index (χ4n) is 2.82. The Bertz CT molecular complexity index is 807. The summed E-state index contributed by atoms with van der Waals surface area (Å²) in [5.41, 5.74) is 4.85. The Hall–Kier alpha value is -1.94. The molecule has 3 nitrogen and oxygen atoms in total. The highest BCUT2D eigenvalue weighted by atomic mass is 32.2. The number of nitrogens with zero attached hydrogens (tertiary/aromatic N) is 2. The molecule has 1 aliphatic heterocycles. The molecule has 0 fully saturated rings. The molecule has 0 aliphatic carbocycles. The van der Waals surface area contributed by atoms with Crippen LogP contribution in [0.5, 0.6) is 5.75 Å². The van der Waals surface area contributed by atoms with Crippen LogP contribution in [0, 0.1) is 0 Å². The van der Waals surface area contributed by atoms with Gasteiger partial charge in [-0.1, -0.05) is 0 Å². The third-order valence-corrected chi connectivity index (χ3v) is 4.70. The summed E-state index contributed by atoms with van der Waals surface area (Å²) in [6, 6.07) is 9.67. The van der Waals surface area contributed by atoms with Crippen molar-refractivity contribution >= 4 is 22.7 Å². The van der Waals surface area contributed by atoms with Gasteiger partial charge in [-0.15, -0.1) is 11.8 Å². The molecule has 1 aliphatic rings. The van der Waals surface area contributed by atoms with Crippen LogP contribution in [-0.2, 0) is 12.8 Å². The Morgan fingerprint density at radius 3 is 3.11 bits per heavy atom.